The van der Waals surface area contributed by atoms with E-state index in [9.17, 15) is 9.59 Å². The maximum atomic E-state index is 12.0. The van der Waals surface area contributed by atoms with E-state index in [-0.39, 0.29) is 18.2 Å². The van der Waals surface area contributed by atoms with Crippen molar-refractivity contribution in [2.24, 2.45) is 10.9 Å². The largest absolute Gasteiger partial charge is 0.498 e. The van der Waals surface area contributed by atoms with Gasteiger partial charge in [-0.1, -0.05) is 28.9 Å². The van der Waals surface area contributed by atoms with E-state index in [1.807, 2.05) is 26.1 Å². The summed E-state index contributed by atoms with van der Waals surface area (Å²) >= 11 is 3.29. The minimum atomic E-state index is -0.212. The maximum absolute atomic E-state index is 12.0. The minimum absolute atomic E-state index is 0.168. The van der Waals surface area contributed by atoms with E-state index in [4.69, 9.17) is 4.74 Å². The Balaban J connectivity index is 2.49. The lowest BCUT2D eigenvalue weighted by Crippen LogP contribution is -2.12. The Morgan fingerprint density at radius 2 is 2.20 bits per heavy atom. The highest BCUT2D eigenvalue weighted by Gasteiger charge is 2.07. The first-order valence-electron chi connectivity index (χ1n) is 7.94. The number of hydrogen-bond acceptors (Lipinski definition) is 4. The van der Waals surface area contributed by atoms with Crippen LogP contribution in [0.25, 0.3) is 0 Å². The first kappa shape index (κ1) is 20.8. The zero-order valence-corrected chi connectivity index (χ0v) is 16.2. The number of ether oxygens (including phenoxy) is 1. The zero-order chi connectivity index (χ0) is 18.7. The number of aldehydes is 1. The van der Waals surface area contributed by atoms with E-state index >= 15 is 0 Å². The van der Waals surface area contributed by atoms with Crippen LogP contribution < -0.4 is 5.32 Å². The van der Waals surface area contributed by atoms with E-state index in [1.165, 1.54) is 0 Å². The van der Waals surface area contributed by atoms with Crippen LogP contribution in [0.2, 0.25) is 0 Å². The number of carbonyl (C=O) groups excluding carboxylic acids is 2. The second-order valence-electron chi connectivity index (χ2n) is 5.49. The molecule has 1 aromatic carbocycles. The van der Waals surface area contributed by atoms with Gasteiger partial charge < -0.3 is 10.1 Å². The summed E-state index contributed by atoms with van der Waals surface area (Å²) in [5.41, 5.74) is 0.915. The van der Waals surface area contributed by atoms with Crippen LogP contribution in [0.3, 0.4) is 0 Å². The molecule has 0 aliphatic heterocycles. The van der Waals surface area contributed by atoms with Crippen molar-refractivity contribution in [1.29, 1.82) is 0 Å². The van der Waals surface area contributed by atoms with Crippen LogP contribution in [0, 0.1) is 5.92 Å². The number of anilines is 1. The van der Waals surface area contributed by atoms with E-state index in [0.717, 1.165) is 4.47 Å². The first-order valence-corrected chi connectivity index (χ1v) is 8.74. The second kappa shape index (κ2) is 11.4. The van der Waals surface area contributed by atoms with Crippen LogP contribution in [-0.4, -0.2) is 25.0 Å². The van der Waals surface area contributed by atoms with Gasteiger partial charge in [0, 0.05) is 34.8 Å². The summed E-state index contributed by atoms with van der Waals surface area (Å²) in [6, 6.07) is 5.11. The topological polar surface area (TPSA) is 67.8 Å². The molecule has 1 rings (SSSR count). The number of rotatable bonds is 9. The Morgan fingerprint density at radius 3 is 2.88 bits per heavy atom. The predicted molar refractivity (Wildman–Crippen MR) is 105 cm³/mol. The molecule has 0 aliphatic carbocycles. The molecule has 6 heteroatoms. The lowest BCUT2D eigenvalue weighted by Gasteiger charge is -2.10. The molecule has 5 nitrogen and oxygen atoms in total. The minimum Gasteiger partial charge on any atom is -0.498 e. The van der Waals surface area contributed by atoms with Gasteiger partial charge in [-0.3, -0.25) is 14.6 Å². The van der Waals surface area contributed by atoms with Crippen molar-refractivity contribution in [3.63, 3.8) is 0 Å². The van der Waals surface area contributed by atoms with Gasteiger partial charge in [0.1, 0.15) is 0 Å². The van der Waals surface area contributed by atoms with Crippen LogP contribution in [0.1, 0.15) is 37.6 Å². The van der Waals surface area contributed by atoms with Gasteiger partial charge in [-0.25, -0.2) is 0 Å². The van der Waals surface area contributed by atoms with E-state index in [2.05, 4.69) is 26.2 Å². The molecule has 1 atom stereocenters. The summed E-state index contributed by atoms with van der Waals surface area (Å²) in [5, 5.41) is 2.72. The molecule has 0 saturated carbocycles. The van der Waals surface area contributed by atoms with Crippen molar-refractivity contribution < 1.29 is 14.3 Å². The number of aliphatic imine (C=N–C) groups is 1. The standard InChI is InChI=1S/C19H23BrN2O3/c1-4-9-21-11-14(2)13-25-15(3)5-8-19(24)22-18-7-6-17(20)10-16(18)12-23/h4-7,9-12,14H,8,13H2,1-3H3,(H,22,24)/b9-4-,15-5+,21-11?. The predicted octanol–water partition coefficient (Wildman–Crippen LogP) is 4.75. The molecule has 0 radical (unpaired) electrons. The summed E-state index contributed by atoms with van der Waals surface area (Å²) in [6.07, 6.45) is 7.98. The molecule has 1 unspecified atom stereocenters. The molecule has 1 N–H and O–H groups in total. The second-order valence-corrected chi connectivity index (χ2v) is 6.40. The number of nitrogens with zero attached hydrogens (tertiary/aromatic N) is 1. The Bertz CT molecular complexity index is 681. The molecule has 134 valence electrons. The highest BCUT2D eigenvalue weighted by Crippen LogP contribution is 2.19. The highest BCUT2D eigenvalue weighted by molar-refractivity contribution is 9.10. The lowest BCUT2D eigenvalue weighted by atomic mass is 10.2. The fourth-order valence-electron chi connectivity index (χ4n) is 1.83. The Labute approximate surface area is 157 Å². The van der Waals surface area contributed by atoms with Gasteiger partial charge >= 0.3 is 0 Å². The summed E-state index contributed by atoms with van der Waals surface area (Å²) in [7, 11) is 0. The van der Waals surface area contributed by atoms with Gasteiger partial charge in [0.15, 0.2) is 6.29 Å². The third-order valence-corrected chi connectivity index (χ3v) is 3.63. The quantitative estimate of drug-likeness (QED) is 0.365. The molecule has 0 aromatic heterocycles. The van der Waals surface area contributed by atoms with Crippen LogP contribution in [-0.2, 0) is 9.53 Å². The van der Waals surface area contributed by atoms with Gasteiger partial charge in [0.2, 0.25) is 5.91 Å². The van der Waals surface area contributed by atoms with Crippen molar-refractivity contribution >= 4 is 40.0 Å². The monoisotopic (exact) mass is 406 g/mol. The molecule has 0 fully saturated rings. The number of allylic oxidation sites excluding steroid dienone is 2. The van der Waals surface area contributed by atoms with Gasteiger partial charge in [0.05, 0.1) is 18.1 Å². The smallest absolute Gasteiger partial charge is 0.228 e. The number of halogens is 1. The maximum Gasteiger partial charge on any atom is 0.228 e. The van der Waals surface area contributed by atoms with Crippen LogP contribution in [0.5, 0.6) is 0 Å². The summed E-state index contributed by atoms with van der Waals surface area (Å²) in [4.78, 5) is 27.2. The molecule has 0 aliphatic rings. The molecular formula is C19H23BrN2O3. The zero-order valence-electron chi connectivity index (χ0n) is 14.7. The SMILES string of the molecule is C/C=C\N=CC(C)CO/C(C)=C/CC(=O)Nc1ccc(Br)cc1C=O. The fourth-order valence-corrected chi connectivity index (χ4v) is 2.21. The summed E-state index contributed by atoms with van der Waals surface area (Å²) < 4.78 is 6.38. The summed E-state index contributed by atoms with van der Waals surface area (Å²) in [5.74, 6) is 0.634. The third-order valence-electron chi connectivity index (χ3n) is 3.14. The normalized spacial score (nSPS) is 13.2. The van der Waals surface area contributed by atoms with Gasteiger partial charge in [-0.15, -0.1) is 0 Å². The van der Waals surface area contributed by atoms with E-state index < -0.39 is 0 Å². The van der Waals surface area contributed by atoms with Crippen molar-refractivity contribution in [2.45, 2.75) is 27.2 Å². The first-order chi connectivity index (χ1) is 12.0. The van der Waals surface area contributed by atoms with Crippen LogP contribution in [0.4, 0.5) is 5.69 Å². The molecular weight excluding hydrogens is 384 g/mol. The van der Waals surface area contributed by atoms with Crippen molar-refractivity contribution in [3.05, 3.63) is 52.3 Å². The average Bonchev–Trinajstić information content (AvgIpc) is 2.59. The third kappa shape index (κ3) is 8.44. The molecule has 0 bridgehead atoms. The van der Waals surface area contributed by atoms with Crippen LogP contribution >= 0.6 is 15.9 Å². The van der Waals surface area contributed by atoms with Crippen LogP contribution in [0.15, 0.2) is 51.8 Å². The van der Waals surface area contributed by atoms with Gasteiger partial charge in [-0.05, 0) is 38.1 Å². The number of hydrogen-bond donors (Lipinski definition) is 1. The summed E-state index contributed by atoms with van der Waals surface area (Å²) in [6.45, 7) is 6.21. The lowest BCUT2D eigenvalue weighted by molar-refractivity contribution is -0.115. The van der Waals surface area contributed by atoms with Crippen molar-refractivity contribution in [2.75, 3.05) is 11.9 Å². The molecule has 0 saturated heterocycles. The molecule has 0 spiro atoms. The molecule has 1 aromatic rings. The number of amides is 1. The number of nitrogens with one attached hydrogen (secondary N) is 1. The van der Waals surface area contributed by atoms with Gasteiger partial charge in [-0.2, -0.15) is 0 Å². The Morgan fingerprint density at radius 1 is 1.44 bits per heavy atom. The number of carbonyl (C=O) groups is 2. The Hall–Kier alpha value is -2.21. The molecule has 25 heavy (non-hydrogen) atoms. The average molecular weight is 407 g/mol. The van der Waals surface area contributed by atoms with Crippen molar-refractivity contribution in [3.8, 4) is 0 Å². The molecule has 0 heterocycles. The van der Waals surface area contributed by atoms with Gasteiger partial charge in [0.25, 0.3) is 0 Å². The fraction of sp³-hybridized carbons (Fsp3) is 0.316. The van der Waals surface area contributed by atoms with E-state index in [1.54, 1.807) is 37.4 Å². The highest BCUT2D eigenvalue weighted by atomic mass is 79.9. The van der Waals surface area contributed by atoms with Crippen molar-refractivity contribution in [1.82, 2.24) is 0 Å². The molecule has 1 amide bonds. The Kier molecular flexibility index (Phi) is 9.47. The number of benzene rings is 1. The van der Waals surface area contributed by atoms with E-state index in [0.29, 0.717) is 29.9 Å².